The molecule has 1 aliphatic heterocycles. The van der Waals surface area contributed by atoms with Crippen LogP contribution < -0.4 is 14.2 Å². The summed E-state index contributed by atoms with van der Waals surface area (Å²) in [6.45, 7) is 3.79. The van der Waals surface area contributed by atoms with E-state index in [0.29, 0.717) is 0 Å². The van der Waals surface area contributed by atoms with E-state index in [4.69, 9.17) is 14.2 Å². The maximum Gasteiger partial charge on any atom is 0.245 e. The van der Waals surface area contributed by atoms with Gasteiger partial charge in [-0.2, -0.15) is 0 Å². The van der Waals surface area contributed by atoms with Crippen LogP contribution in [-0.4, -0.2) is 12.9 Å². The molecule has 0 amide bonds. The van der Waals surface area contributed by atoms with Gasteiger partial charge in [-0.15, -0.1) is 0 Å². The van der Waals surface area contributed by atoms with Crippen molar-refractivity contribution in [1.29, 1.82) is 0 Å². The molecular weight excluding hydrogens is 296 g/mol. The van der Waals surface area contributed by atoms with Gasteiger partial charge in [0.05, 0.1) is 17.0 Å². The molecule has 2 aromatic carbocycles. The van der Waals surface area contributed by atoms with E-state index in [1.165, 1.54) is 0 Å². The second-order valence-corrected chi connectivity index (χ2v) is 5.52. The average Bonchev–Trinajstić information content (AvgIpc) is 2.32. The summed E-state index contributed by atoms with van der Waals surface area (Å²) in [5.41, 5.74) is 0. The molecular formula is C14H13BrO3. The van der Waals surface area contributed by atoms with Crippen LogP contribution in [0.25, 0.3) is 10.8 Å². The Morgan fingerprint density at radius 3 is 2.61 bits per heavy atom. The van der Waals surface area contributed by atoms with E-state index in [0.717, 1.165) is 32.5 Å². The zero-order valence-corrected chi connectivity index (χ0v) is 12.0. The first-order valence-electron chi connectivity index (χ1n) is 5.69. The third-order valence-corrected chi connectivity index (χ3v) is 3.56. The molecule has 18 heavy (non-hydrogen) atoms. The third kappa shape index (κ3) is 1.63. The van der Waals surface area contributed by atoms with Gasteiger partial charge in [0.25, 0.3) is 0 Å². The summed E-state index contributed by atoms with van der Waals surface area (Å²) in [5, 5.41) is 1.94. The van der Waals surface area contributed by atoms with Crippen molar-refractivity contribution < 1.29 is 14.2 Å². The molecule has 1 heterocycles. The van der Waals surface area contributed by atoms with Gasteiger partial charge in [-0.05, 0) is 40.2 Å². The third-order valence-electron chi connectivity index (χ3n) is 2.93. The Labute approximate surface area is 114 Å². The molecule has 3 rings (SSSR count). The topological polar surface area (TPSA) is 27.7 Å². The molecule has 94 valence electrons. The minimum Gasteiger partial charge on any atom is -0.496 e. The molecule has 0 saturated heterocycles. The number of rotatable bonds is 1. The summed E-state index contributed by atoms with van der Waals surface area (Å²) in [7, 11) is 1.66. The molecule has 0 fully saturated rings. The van der Waals surface area contributed by atoms with Crippen molar-refractivity contribution in [3.63, 3.8) is 0 Å². The zero-order valence-electron chi connectivity index (χ0n) is 10.4. The van der Waals surface area contributed by atoms with Gasteiger partial charge < -0.3 is 14.2 Å². The van der Waals surface area contributed by atoms with Crippen LogP contribution in [0.15, 0.2) is 28.7 Å². The van der Waals surface area contributed by atoms with Crippen LogP contribution in [0.5, 0.6) is 17.2 Å². The summed E-state index contributed by atoms with van der Waals surface area (Å²) in [6.07, 6.45) is 0. The highest BCUT2D eigenvalue weighted by molar-refractivity contribution is 9.10. The molecule has 0 aromatic heterocycles. The summed E-state index contributed by atoms with van der Waals surface area (Å²) in [5.74, 6) is 1.77. The molecule has 0 N–H and O–H groups in total. The fourth-order valence-electron chi connectivity index (χ4n) is 2.23. The van der Waals surface area contributed by atoms with E-state index in [1.807, 2.05) is 38.1 Å². The van der Waals surface area contributed by atoms with Crippen LogP contribution in [0.2, 0.25) is 0 Å². The van der Waals surface area contributed by atoms with Crippen LogP contribution in [0, 0.1) is 0 Å². The van der Waals surface area contributed by atoms with E-state index in [2.05, 4.69) is 15.9 Å². The number of halogens is 1. The predicted octanol–water partition coefficient (Wildman–Crippen LogP) is 4.12. The number of hydrogen-bond acceptors (Lipinski definition) is 3. The molecule has 0 bridgehead atoms. The van der Waals surface area contributed by atoms with Crippen molar-refractivity contribution in [2.75, 3.05) is 7.11 Å². The molecule has 0 atom stereocenters. The van der Waals surface area contributed by atoms with Crippen LogP contribution in [-0.2, 0) is 0 Å². The van der Waals surface area contributed by atoms with E-state index in [1.54, 1.807) is 7.11 Å². The first-order chi connectivity index (χ1) is 8.52. The zero-order chi connectivity index (χ0) is 12.9. The largest absolute Gasteiger partial charge is 0.496 e. The Kier molecular flexibility index (Phi) is 2.45. The number of benzene rings is 2. The van der Waals surface area contributed by atoms with Crippen molar-refractivity contribution >= 4 is 26.7 Å². The van der Waals surface area contributed by atoms with Crippen molar-refractivity contribution in [3.05, 3.63) is 28.7 Å². The lowest BCUT2D eigenvalue weighted by Gasteiger charge is -2.33. The SMILES string of the molecule is COc1ccc2c3c(c(Br)ccc13)OC(C)(C)O2. The van der Waals surface area contributed by atoms with E-state index in [-0.39, 0.29) is 0 Å². The maximum atomic E-state index is 5.90. The fourth-order valence-corrected chi connectivity index (χ4v) is 2.64. The smallest absolute Gasteiger partial charge is 0.245 e. The molecule has 0 unspecified atom stereocenters. The minimum absolute atomic E-state index is 0.668. The van der Waals surface area contributed by atoms with Gasteiger partial charge in [0.15, 0.2) is 0 Å². The molecule has 2 aromatic rings. The van der Waals surface area contributed by atoms with Crippen molar-refractivity contribution in [1.82, 2.24) is 0 Å². The lowest BCUT2D eigenvalue weighted by atomic mass is 10.1. The minimum atomic E-state index is -0.668. The van der Waals surface area contributed by atoms with Crippen molar-refractivity contribution in [3.8, 4) is 17.2 Å². The Bertz CT molecular complexity index is 634. The van der Waals surface area contributed by atoms with Crippen molar-refractivity contribution in [2.24, 2.45) is 0 Å². The van der Waals surface area contributed by atoms with E-state index in [9.17, 15) is 0 Å². The summed E-state index contributed by atoms with van der Waals surface area (Å²) in [4.78, 5) is 0. The Balaban J connectivity index is 2.39. The average molecular weight is 309 g/mol. The molecule has 4 heteroatoms. The Morgan fingerprint density at radius 1 is 1.11 bits per heavy atom. The van der Waals surface area contributed by atoms with E-state index < -0.39 is 5.79 Å². The van der Waals surface area contributed by atoms with Gasteiger partial charge in [0.1, 0.15) is 17.2 Å². The van der Waals surface area contributed by atoms with Gasteiger partial charge in [-0.1, -0.05) is 0 Å². The first kappa shape index (κ1) is 11.7. The van der Waals surface area contributed by atoms with Gasteiger partial charge in [-0.3, -0.25) is 0 Å². The van der Waals surface area contributed by atoms with Crippen LogP contribution in [0.1, 0.15) is 13.8 Å². The molecule has 0 spiro atoms. The van der Waals surface area contributed by atoms with Gasteiger partial charge in [-0.25, -0.2) is 0 Å². The summed E-state index contributed by atoms with van der Waals surface area (Å²) in [6, 6.07) is 7.79. The van der Waals surface area contributed by atoms with Gasteiger partial charge >= 0.3 is 0 Å². The Morgan fingerprint density at radius 2 is 1.89 bits per heavy atom. The number of methoxy groups -OCH3 is 1. The van der Waals surface area contributed by atoms with Crippen LogP contribution in [0.3, 0.4) is 0 Å². The lowest BCUT2D eigenvalue weighted by Crippen LogP contribution is -2.37. The molecule has 0 radical (unpaired) electrons. The van der Waals surface area contributed by atoms with E-state index >= 15 is 0 Å². The quantitative estimate of drug-likeness (QED) is 0.793. The molecule has 3 nitrogen and oxygen atoms in total. The lowest BCUT2D eigenvalue weighted by molar-refractivity contribution is -0.0866. The number of hydrogen-bond donors (Lipinski definition) is 0. The fraction of sp³-hybridized carbons (Fsp3) is 0.286. The molecule has 0 saturated carbocycles. The molecule has 1 aliphatic rings. The van der Waals surface area contributed by atoms with Crippen LogP contribution in [0.4, 0.5) is 0 Å². The predicted molar refractivity (Wildman–Crippen MR) is 73.5 cm³/mol. The highest BCUT2D eigenvalue weighted by Crippen LogP contribution is 2.47. The summed E-state index contributed by atoms with van der Waals surface area (Å²) < 4.78 is 18.0. The van der Waals surface area contributed by atoms with Crippen molar-refractivity contribution in [2.45, 2.75) is 19.6 Å². The highest BCUT2D eigenvalue weighted by atomic mass is 79.9. The van der Waals surface area contributed by atoms with Gasteiger partial charge in [0.2, 0.25) is 5.79 Å². The maximum absolute atomic E-state index is 5.90. The second kappa shape index (κ2) is 3.79. The summed E-state index contributed by atoms with van der Waals surface area (Å²) >= 11 is 3.52. The number of ether oxygens (including phenoxy) is 3. The Hall–Kier alpha value is -1.42. The monoisotopic (exact) mass is 308 g/mol. The second-order valence-electron chi connectivity index (χ2n) is 4.67. The normalized spacial score (nSPS) is 16.0. The first-order valence-corrected chi connectivity index (χ1v) is 6.48. The van der Waals surface area contributed by atoms with Gasteiger partial charge in [0, 0.05) is 19.2 Å². The standard InChI is InChI=1S/C14H13BrO3/c1-14(2)17-11-7-6-10(16-3)8-4-5-9(15)13(18-14)12(8)11/h4-7H,1-3H3. The van der Waals surface area contributed by atoms with Crippen LogP contribution >= 0.6 is 15.9 Å². The highest BCUT2D eigenvalue weighted by Gasteiger charge is 2.31. The molecule has 0 aliphatic carbocycles.